The van der Waals surface area contributed by atoms with E-state index in [-0.39, 0.29) is 5.91 Å². The zero-order valence-corrected chi connectivity index (χ0v) is 13.1. The van der Waals surface area contributed by atoms with Gasteiger partial charge < -0.3 is 10.3 Å². The highest BCUT2D eigenvalue weighted by atomic mass is 79.9. The van der Waals surface area contributed by atoms with Gasteiger partial charge in [-0.05, 0) is 48.9 Å². The third kappa shape index (κ3) is 3.31. The molecule has 0 aliphatic heterocycles. The highest BCUT2D eigenvalue weighted by Crippen LogP contribution is 2.16. The fourth-order valence-corrected chi connectivity index (χ4v) is 2.48. The van der Waals surface area contributed by atoms with Crippen LogP contribution >= 0.6 is 15.9 Å². The van der Waals surface area contributed by atoms with Crippen molar-refractivity contribution in [2.75, 3.05) is 5.32 Å². The molecule has 3 aromatic rings. The maximum absolute atomic E-state index is 12.1. The Kier molecular flexibility index (Phi) is 3.75. The topological polar surface area (TPSA) is 57.8 Å². The second kappa shape index (κ2) is 5.69. The van der Waals surface area contributed by atoms with E-state index in [4.69, 9.17) is 0 Å². The first kappa shape index (κ1) is 13.8. The predicted octanol–water partition coefficient (Wildman–Crippen LogP) is 3.82. The van der Waals surface area contributed by atoms with Gasteiger partial charge in [0.25, 0.3) is 0 Å². The summed E-state index contributed by atoms with van der Waals surface area (Å²) >= 11 is 3.37. The number of carbonyl (C=O) groups is 1. The molecule has 0 aliphatic rings. The number of carbonyl (C=O) groups excluding carboxylic acids is 1. The van der Waals surface area contributed by atoms with Crippen LogP contribution in [0.5, 0.6) is 0 Å². The minimum absolute atomic E-state index is 0.0343. The van der Waals surface area contributed by atoms with Gasteiger partial charge in [0.05, 0.1) is 17.5 Å². The first-order valence-electron chi connectivity index (χ1n) is 6.61. The number of benzene rings is 2. The third-order valence-corrected chi connectivity index (χ3v) is 3.69. The van der Waals surface area contributed by atoms with Crippen molar-refractivity contribution in [2.24, 2.45) is 0 Å². The molecule has 3 rings (SSSR count). The maximum atomic E-state index is 12.1. The summed E-state index contributed by atoms with van der Waals surface area (Å²) < 4.78 is 0.987. The van der Waals surface area contributed by atoms with Gasteiger partial charge in [0, 0.05) is 10.2 Å². The summed E-state index contributed by atoms with van der Waals surface area (Å²) in [4.78, 5) is 19.6. The van der Waals surface area contributed by atoms with Crippen LogP contribution in [0.3, 0.4) is 0 Å². The molecule has 0 saturated carbocycles. The van der Waals surface area contributed by atoms with Crippen molar-refractivity contribution in [3.8, 4) is 0 Å². The monoisotopic (exact) mass is 343 g/mol. The molecule has 106 valence electrons. The van der Waals surface area contributed by atoms with Crippen LogP contribution < -0.4 is 5.32 Å². The highest BCUT2D eigenvalue weighted by Gasteiger charge is 2.06. The molecule has 0 radical (unpaired) electrons. The Morgan fingerprint density at radius 3 is 2.76 bits per heavy atom. The van der Waals surface area contributed by atoms with Crippen molar-refractivity contribution in [2.45, 2.75) is 13.3 Å². The van der Waals surface area contributed by atoms with Crippen molar-refractivity contribution in [3.05, 3.63) is 58.3 Å². The molecule has 2 N–H and O–H groups in total. The highest BCUT2D eigenvalue weighted by molar-refractivity contribution is 9.10. The average Bonchev–Trinajstić information content (AvgIpc) is 2.80. The number of amides is 1. The van der Waals surface area contributed by atoms with Crippen LogP contribution in [0, 0.1) is 6.92 Å². The van der Waals surface area contributed by atoms with E-state index in [1.54, 1.807) is 0 Å². The Morgan fingerprint density at radius 2 is 2.00 bits per heavy atom. The summed E-state index contributed by atoms with van der Waals surface area (Å²) in [6.07, 6.45) is 0.337. The smallest absolute Gasteiger partial charge is 0.228 e. The molecule has 1 heterocycles. The summed E-state index contributed by atoms with van der Waals surface area (Å²) in [6, 6.07) is 13.4. The number of anilines is 1. The summed E-state index contributed by atoms with van der Waals surface area (Å²) in [5.74, 6) is 0.842. The lowest BCUT2D eigenvalue weighted by Gasteiger charge is -2.05. The van der Waals surface area contributed by atoms with E-state index in [1.165, 1.54) is 0 Å². The maximum Gasteiger partial charge on any atom is 0.228 e. The minimum atomic E-state index is -0.0343. The molecule has 0 bridgehead atoms. The van der Waals surface area contributed by atoms with Crippen LogP contribution in [-0.2, 0) is 11.2 Å². The molecule has 0 atom stereocenters. The number of nitrogens with one attached hydrogen (secondary N) is 2. The van der Waals surface area contributed by atoms with Gasteiger partial charge in [0.1, 0.15) is 5.82 Å². The lowest BCUT2D eigenvalue weighted by Crippen LogP contribution is -2.14. The van der Waals surface area contributed by atoms with Gasteiger partial charge in [-0.2, -0.15) is 0 Å². The number of H-pyrrole nitrogens is 1. The van der Waals surface area contributed by atoms with Crippen molar-refractivity contribution in [1.29, 1.82) is 0 Å². The molecular formula is C16H14BrN3O. The van der Waals surface area contributed by atoms with E-state index < -0.39 is 0 Å². The lowest BCUT2D eigenvalue weighted by atomic mass is 10.1. The van der Waals surface area contributed by atoms with Crippen LogP contribution in [0.4, 0.5) is 5.69 Å². The first-order chi connectivity index (χ1) is 10.1. The molecule has 5 heteroatoms. The standard InChI is InChI=1S/C16H14BrN3O/c1-10-18-14-7-2-11(8-15(14)19-10)9-16(21)20-13-5-3-12(17)4-6-13/h2-8H,9H2,1H3,(H,18,19)(H,20,21). The Hall–Kier alpha value is -2.14. The fourth-order valence-electron chi connectivity index (χ4n) is 2.22. The number of fused-ring (bicyclic) bond motifs is 1. The van der Waals surface area contributed by atoms with Gasteiger partial charge in [-0.1, -0.05) is 22.0 Å². The van der Waals surface area contributed by atoms with Crippen molar-refractivity contribution >= 4 is 38.6 Å². The Labute approximate surface area is 130 Å². The molecule has 21 heavy (non-hydrogen) atoms. The van der Waals surface area contributed by atoms with E-state index in [2.05, 4.69) is 31.2 Å². The molecule has 0 fully saturated rings. The molecular weight excluding hydrogens is 330 g/mol. The van der Waals surface area contributed by atoms with Crippen LogP contribution in [0.1, 0.15) is 11.4 Å². The van der Waals surface area contributed by atoms with Crippen LogP contribution in [0.15, 0.2) is 46.9 Å². The van der Waals surface area contributed by atoms with Crippen molar-refractivity contribution < 1.29 is 4.79 Å². The van der Waals surface area contributed by atoms with Gasteiger partial charge in [-0.15, -0.1) is 0 Å². The van der Waals surface area contributed by atoms with E-state index >= 15 is 0 Å². The van der Waals surface area contributed by atoms with Crippen LogP contribution in [0.25, 0.3) is 11.0 Å². The Morgan fingerprint density at radius 1 is 1.24 bits per heavy atom. The van der Waals surface area contributed by atoms with Crippen molar-refractivity contribution in [1.82, 2.24) is 9.97 Å². The minimum Gasteiger partial charge on any atom is -0.342 e. The van der Waals surface area contributed by atoms with Gasteiger partial charge in [-0.3, -0.25) is 4.79 Å². The largest absolute Gasteiger partial charge is 0.342 e. The van der Waals surface area contributed by atoms with E-state index in [0.29, 0.717) is 6.42 Å². The zero-order valence-electron chi connectivity index (χ0n) is 11.5. The van der Waals surface area contributed by atoms with E-state index in [9.17, 15) is 4.79 Å². The molecule has 0 unspecified atom stereocenters. The van der Waals surface area contributed by atoms with Crippen molar-refractivity contribution in [3.63, 3.8) is 0 Å². The molecule has 2 aromatic carbocycles. The summed E-state index contributed by atoms with van der Waals surface area (Å²) in [6.45, 7) is 1.92. The van der Waals surface area contributed by atoms with Gasteiger partial charge >= 0.3 is 0 Å². The number of hydrogen-bond acceptors (Lipinski definition) is 2. The number of halogens is 1. The number of rotatable bonds is 3. The first-order valence-corrected chi connectivity index (χ1v) is 7.40. The second-order valence-corrected chi connectivity index (χ2v) is 5.82. The van der Waals surface area contributed by atoms with E-state index in [0.717, 1.165) is 32.6 Å². The summed E-state index contributed by atoms with van der Waals surface area (Å²) in [5.41, 5.74) is 3.63. The molecule has 1 aromatic heterocycles. The molecule has 4 nitrogen and oxygen atoms in total. The number of aryl methyl sites for hydroxylation is 1. The van der Waals surface area contributed by atoms with Crippen LogP contribution in [0.2, 0.25) is 0 Å². The average molecular weight is 344 g/mol. The second-order valence-electron chi connectivity index (χ2n) is 4.91. The number of aromatic nitrogens is 2. The number of aromatic amines is 1. The fraction of sp³-hybridized carbons (Fsp3) is 0.125. The Balaban J connectivity index is 1.71. The predicted molar refractivity (Wildman–Crippen MR) is 87.3 cm³/mol. The quantitative estimate of drug-likeness (QED) is 0.759. The Bertz CT molecular complexity index is 793. The summed E-state index contributed by atoms with van der Waals surface area (Å²) in [7, 11) is 0. The van der Waals surface area contributed by atoms with E-state index in [1.807, 2.05) is 49.4 Å². The summed E-state index contributed by atoms with van der Waals surface area (Å²) in [5, 5.41) is 2.89. The zero-order chi connectivity index (χ0) is 14.8. The molecule has 0 spiro atoms. The third-order valence-electron chi connectivity index (χ3n) is 3.16. The van der Waals surface area contributed by atoms with Gasteiger partial charge in [-0.25, -0.2) is 4.98 Å². The number of hydrogen-bond donors (Lipinski definition) is 2. The SMILES string of the molecule is Cc1nc2ccc(CC(=O)Nc3ccc(Br)cc3)cc2[nH]1. The lowest BCUT2D eigenvalue weighted by molar-refractivity contribution is -0.115. The van der Waals surface area contributed by atoms with Gasteiger partial charge in [0.15, 0.2) is 0 Å². The number of imidazole rings is 1. The number of nitrogens with zero attached hydrogens (tertiary/aromatic N) is 1. The van der Waals surface area contributed by atoms with Crippen LogP contribution in [-0.4, -0.2) is 15.9 Å². The molecule has 0 saturated heterocycles. The van der Waals surface area contributed by atoms with Gasteiger partial charge in [0.2, 0.25) is 5.91 Å². The molecule has 1 amide bonds. The normalized spacial score (nSPS) is 10.8. The molecule has 0 aliphatic carbocycles.